The molecule has 0 bridgehead atoms. The first kappa shape index (κ1) is 14.4. The molecular formula is C14H17Cl2N3. The second-order valence-electron chi connectivity index (χ2n) is 4.90. The van der Waals surface area contributed by atoms with E-state index in [1.807, 2.05) is 18.2 Å². The molecule has 102 valence electrons. The lowest BCUT2D eigenvalue weighted by Crippen LogP contribution is -2.20. The predicted octanol–water partition coefficient (Wildman–Crippen LogP) is 3.92. The maximum atomic E-state index is 6.07. The largest absolute Gasteiger partial charge is 0.312 e. The van der Waals surface area contributed by atoms with E-state index in [-0.39, 0.29) is 0 Å². The van der Waals surface area contributed by atoms with Crippen LogP contribution in [0.15, 0.2) is 30.6 Å². The third-order valence-corrected chi connectivity index (χ3v) is 3.14. The zero-order chi connectivity index (χ0) is 13.8. The first-order valence-electron chi connectivity index (χ1n) is 6.26. The van der Waals surface area contributed by atoms with Gasteiger partial charge >= 0.3 is 0 Å². The van der Waals surface area contributed by atoms with Crippen LogP contribution in [0.2, 0.25) is 10.0 Å². The van der Waals surface area contributed by atoms with Crippen LogP contribution in [0.25, 0.3) is 5.69 Å². The number of benzene rings is 1. The molecule has 1 aromatic carbocycles. The van der Waals surface area contributed by atoms with Crippen molar-refractivity contribution in [2.45, 2.75) is 20.4 Å². The third-order valence-electron chi connectivity index (χ3n) is 2.71. The SMILES string of the molecule is CC(C)CNCc1cc(Cl)ccc1-n1cc(Cl)cn1. The number of hydrogen-bond acceptors (Lipinski definition) is 2. The van der Waals surface area contributed by atoms with Crippen molar-refractivity contribution in [3.63, 3.8) is 0 Å². The van der Waals surface area contributed by atoms with Gasteiger partial charge in [0.2, 0.25) is 0 Å². The summed E-state index contributed by atoms with van der Waals surface area (Å²) >= 11 is 12.0. The lowest BCUT2D eigenvalue weighted by molar-refractivity contribution is 0.551. The smallest absolute Gasteiger partial charge is 0.0790 e. The van der Waals surface area contributed by atoms with Crippen molar-refractivity contribution in [2.75, 3.05) is 6.54 Å². The highest BCUT2D eigenvalue weighted by Crippen LogP contribution is 2.20. The summed E-state index contributed by atoms with van der Waals surface area (Å²) in [4.78, 5) is 0. The van der Waals surface area contributed by atoms with E-state index in [0.717, 1.165) is 29.4 Å². The number of nitrogens with zero attached hydrogens (tertiary/aromatic N) is 2. The second-order valence-corrected chi connectivity index (χ2v) is 5.77. The van der Waals surface area contributed by atoms with Gasteiger partial charge in [0.15, 0.2) is 0 Å². The molecule has 0 spiro atoms. The molecule has 0 aliphatic heterocycles. The Morgan fingerprint density at radius 2 is 2.05 bits per heavy atom. The second kappa shape index (κ2) is 6.42. The van der Waals surface area contributed by atoms with Crippen molar-refractivity contribution in [3.8, 4) is 5.69 Å². The van der Waals surface area contributed by atoms with E-state index >= 15 is 0 Å². The van der Waals surface area contributed by atoms with Gasteiger partial charge in [0.1, 0.15) is 0 Å². The number of aromatic nitrogens is 2. The monoisotopic (exact) mass is 297 g/mol. The van der Waals surface area contributed by atoms with Crippen molar-refractivity contribution in [1.29, 1.82) is 0 Å². The summed E-state index contributed by atoms with van der Waals surface area (Å²) in [6.45, 7) is 6.08. The van der Waals surface area contributed by atoms with Gasteiger partial charge in [-0.3, -0.25) is 0 Å². The van der Waals surface area contributed by atoms with E-state index in [0.29, 0.717) is 10.9 Å². The molecule has 0 amide bonds. The van der Waals surface area contributed by atoms with Gasteiger partial charge in [-0.2, -0.15) is 5.10 Å². The fraction of sp³-hybridized carbons (Fsp3) is 0.357. The molecule has 1 aromatic heterocycles. The highest BCUT2D eigenvalue weighted by molar-refractivity contribution is 6.30. The summed E-state index contributed by atoms with van der Waals surface area (Å²) in [5.41, 5.74) is 2.10. The van der Waals surface area contributed by atoms with Gasteiger partial charge in [0, 0.05) is 17.8 Å². The molecule has 1 heterocycles. The quantitative estimate of drug-likeness (QED) is 0.906. The fourth-order valence-corrected chi connectivity index (χ4v) is 2.18. The van der Waals surface area contributed by atoms with Gasteiger partial charge in [-0.05, 0) is 36.2 Å². The molecule has 2 aromatic rings. The van der Waals surface area contributed by atoms with Crippen LogP contribution in [0.3, 0.4) is 0 Å². The average Bonchev–Trinajstić information content (AvgIpc) is 2.75. The number of halogens is 2. The molecule has 2 rings (SSSR count). The molecule has 0 saturated carbocycles. The Hall–Kier alpha value is -1.03. The van der Waals surface area contributed by atoms with Crippen molar-refractivity contribution < 1.29 is 0 Å². The van der Waals surface area contributed by atoms with Gasteiger partial charge in [0.25, 0.3) is 0 Å². The number of rotatable bonds is 5. The van der Waals surface area contributed by atoms with Crippen LogP contribution in [0, 0.1) is 5.92 Å². The highest BCUT2D eigenvalue weighted by Gasteiger charge is 2.07. The molecule has 0 aliphatic carbocycles. The average molecular weight is 298 g/mol. The Morgan fingerprint density at radius 1 is 1.26 bits per heavy atom. The molecule has 0 unspecified atom stereocenters. The molecule has 0 fully saturated rings. The van der Waals surface area contributed by atoms with Gasteiger partial charge in [0.05, 0.1) is 16.9 Å². The predicted molar refractivity (Wildman–Crippen MR) is 80.1 cm³/mol. The van der Waals surface area contributed by atoms with E-state index < -0.39 is 0 Å². The first-order chi connectivity index (χ1) is 9.06. The number of hydrogen-bond donors (Lipinski definition) is 1. The van der Waals surface area contributed by atoms with Crippen LogP contribution in [0.5, 0.6) is 0 Å². The molecule has 0 aliphatic rings. The fourth-order valence-electron chi connectivity index (χ4n) is 1.85. The molecule has 19 heavy (non-hydrogen) atoms. The van der Waals surface area contributed by atoms with Crippen LogP contribution < -0.4 is 5.32 Å². The molecular weight excluding hydrogens is 281 g/mol. The Kier molecular flexibility index (Phi) is 4.86. The Balaban J connectivity index is 2.23. The van der Waals surface area contributed by atoms with Gasteiger partial charge in [-0.25, -0.2) is 4.68 Å². The minimum absolute atomic E-state index is 0.613. The van der Waals surface area contributed by atoms with E-state index in [4.69, 9.17) is 23.2 Å². The summed E-state index contributed by atoms with van der Waals surface area (Å²) < 4.78 is 1.77. The minimum atomic E-state index is 0.613. The van der Waals surface area contributed by atoms with Crippen LogP contribution in [0.4, 0.5) is 0 Å². The van der Waals surface area contributed by atoms with Crippen molar-refractivity contribution in [1.82, 2.24) is 15.1 Å². The standard InChI is InChI=1S/C14H17Cl2N3/c1-10(2)6-17-7-11-5-12(15)3-4-14(11)19-9-13(16)8-18-19/h3-5,8-10,17H,6-7H2,1-2H3. The topological polar surface area (TPSA) is 29.9 Å². The molecule has 1 N–H and O–H groups in total. The van der Waals surface area contributed by atoms with E-state index in [1.54, 1.807) is 17.1 Å². The summed E-state index contributed by atoms with van der Waals surface area (Å²) in [6, 6.07) is 5.77. The van der Waals surface area contributed by atoms with Crippen LogP contribution in [-0.4, -0.2) is 16.3 Å². The molecule has 0 radical (unpaired) electrons. The van der Waals surface area contributed by atoms with Crippen molar-refractivity contribution in [2.24, 2.45) is 5.92 Å². The third kappa shape index (κ3) is 3.96. The van der Waals surface area contributed by atoms with Gasteiger partial charge < -0.3 is 5.32 Å². The Labute approximate surface area is 123 Å². The molecule has 0 saturated heterocycles. The summed E-state index contributed by atoms with van der Waals surface area (Å²) in [7, 11) is 0. The molecule has 0 atom stereocenters. The van der Waals surface area contributed by atoms with E-state index in [1.165, 1.54) is 0 Å². The van der Waals surface area contributed by atoms with Gasteiger partial charge in [-0.15, -0.1) is 0 Å². The minimum Gasteiger partial charge on any atom is -0.312 e. The highest BCUT2D eigenvalue weighted by atomic mass is 35.5. The summed E-state index contributed by atoms with van der Waals surface area (Å²) in [6.07, 6.45) is 3.41. The maximum absolute atomic E-state index is 6.07. The van der Waals surface area contributed by atoms with Crippen molar-refractivity contribution in [3.05, 3.63) is 46.2 Å². The lowest BCUT2D eigenvalue weighted by Gasteiger charge is -2.12. The van der Waals surface area contributed by atoms with Crippen LogP contribution >= 0.6 is 23.2 Å². The van der Waals surface area contributed by atoms with E-state index in [9.17, 15) is 0 Å². The van der Waals surface area contributed by atoms with Crippen LogP contribution in [-0.2, 0) is 6.54 Å². The van der Waals surface area contributed by atoms with Crippen LogP contribution in [0.1, 0.15) is 19.4 Å². The summed E-state index contributed by atoms with van der Waals surface area (Å²) in [5, 5.41) is 8.99. The Morgan fingerprint density at radius 3 is 2.68 bits per heavy atom. The number of nitrogens with one attached hydrogen (secondary N) is 1. The Bertz CT molecular complexity index is 549. The first-order valence-corrected chi connectivity index (χ1v) is 7.01. The summed E-state index contributed by atoms with van der Waals surface area (Å²) in [5.74, 6) is 0.613. The van der Waals surface area contributed by atoms with Crippen molar-refractivity contribution >= 4 is 23.2 Å². The zero-order valence-electron chi connectivity index (χ0n) is 11.0. The van der Waals surface area contributed by atoms with Gasteiger partial charge in [-0.1, -0.05) is 37.0 Å². The van der Waals surface area contributed by atoms with E-state index in [2.05, 4.69) is 24.3 Å². The maximum Gasteiger partial charge on any atom is 0.0790 e. The zero-order valence-corrected chi connectivity index (χ0v) is 12.5. The molecule has 3 nitrogen and oxygen atoms in total. The lowest BCUT2D eigenvalue weighted by atomic mass is 10.1. The molecule has 5 heteroatoms. The normalized spacial score (nSPS) is 11.2.